The third-order valence-electron chi connectivity index (χ3n) is 6.77. The van der Waals surface area contributed by atoms with Gasteiger partial charge in [-0.2, -0.15) is 4.31 Å². The predicted octanol–water partition coefficient (Wildman–Crippen LogP) is 4.47. The molecule has 0 spiro atoms. The van der Waals surface area contributed by atoms with Gasteiger partial charge in [0, 0.05) is 24.4 Å². The van der Waals surface area contributed by atoms with Crippen LogP contribution in [0.5, 0.6) is 5.75 Å². The van der Waals surface area contributed by atoms with Gasteiger partial charge in [0.25, 0.3) is 5.91 Å². The topological polar surface area (TPSA) is 102 Å². The van der Waals surface area contributed by atoms with Gasteiger partial charge in [-0.15, -0.1) is 11.3 Å². The maximum Gasteiger partial charge on any atom is 0.306 e. The van der Waals surface area contributed by atoms with Gasteiger partial charge in [-0.3, -0.25) is 9.59 Å². The van der Waals surface area contributed by atoms with Gasteiger partial charge in [0.2, 0.25) is 10.0 Å². The number of aryl methyl sites for hydroxylation is 1. The number of rotatable bonds is 8. The number of sulfonamides is 1. The molecule has 0 saturated heterocycles. The minimum atomic E-state index is -3.80. The first-order valence-corrected chi connectivity index (χ1v) is 14.7. The molecule has 2 heterocycles. The van der Waals surface area contributed by atoms with E-state index in [1.807, 2.05) is 38.1 Å². The lowest BCUT2D eigenvalue weighted by molar-refractivity contribution is -0.140. The SMILES string of the molecule is CC[C@@H]1CN(Cc2cc(C(CC(=O)OC)c3ccc(C(=O)NC)s3)ccc2C)S(=O)(=O)c2ccccc2O1. The maximum atomic E-state index is 13.7. The predicted molar refractivity (Wildman–Crippen MR) is 146 cm³/mol. The van der Waals surface area contributed by atoms with E-state index in [-0.39, 0.29) is 48.3 Å². The number of hydrogen-bond acceptors (Lipinski definition) is 7. The fourth-order valence-corrected chi connectivity index (χ4v) is 7.14. The molecule has 4 rings (SSSR count). The summed E-state index contributed by atoms with van der Waals surface area (Å²) in [6.07, 6.45) is 0.471. The molecular formula is C28H32N2O6S2. The summed E-state index contributed by atoms with van der Waals surface area (Å²) in [6, 6.07) is 16.2. The first-order valence-electron chi connectivity index (χ1n) is 12.4. The summed E-state index contributed by atoms with van der Waals surface area (Å²) in [5, 5.41) is 2.62. The molecule has 10 heteroatoms. The van der Waals surface area contributed by atoms with E-state index in [4.69, 9.17) is 9.47 Å². The lowest BCUT2D eigenvalue weighted by Crippen LogP contribution is -2.36. The summed E-state index contributed by atoms with van der Waals surface area (Å²) < 4.78 is 39.8. The number of carbonyl (C=O) groups excluding carboxylic acids is 2. The summed E-state index contributed by atoms with van der Waals surface area (Å²) in [6.45, 7) is 4.30. The lowest BCUT2D eigenvalue weighted by atomic mass is 9.91. The second-order valence-electron chi connectivity index (χ2n) is 9.19. The second kappa shape index (κ2) is 11.7. The van der Waals surface area contributed by atoms with Crippen LogP contribution < -0.4 is 10.1 Å². The van der Waals surface area contributed by atoms with Crippen LogP contribution >= 0.6 is 11.3 Å². The van der Waals surface area contributed by atoms with Gasteiger partial charge in [0.15, 0.2) is 0 Å². The molecule has 2 atom stereocenters. The Hall–Kier alpha value is -3.21. The molecule has 0 bridgehead atoms. The smallest absolute Gasteiger partial charge is 0.306 e. The van der Waals surface area contributed by atoms with Crippen LogP contribution in [0.3, 0.4) is 0 Å². The van der Waals surface area contributed by atoms with Crippen LogP contribution in [0.1, 0.15) is 56.9 Å². The molecule has 1 aliphatic rings. The number of para-hydroxylation sites is 1. The normalized spacial score (nSPS) is 17.5. The second-order valence-corrected chi connectivity index (χ2v) is 12.2. The standard InChI is InChI=1S/C28H32N2O6S2/c1-5-21-17-30(38(33,34)26-9-7-6-8-23(26)36-21)16-20-14-19(11-10-18(20)2)22(15-27(31)35-4)24-12-13-25(37-24)28(32)29-3/h6-14,21-22H,5,15-17H2,1-4H3,(H,29,32)/t21-,22?/m1/s1. The number of carbonyl (C=O) groups is 2. The van der Waals surface area contributed by atoms with Crippen LogP contribution in [0.4, 0.5) is 0 Å². The summed E-state index contributed by atoms with van der Waals surface area (Å²) in [5.41, 5.74) is 2.61. The first-order chi connectivity index (χ1) is 18.2. The molecule has 0 aliphatic carbocycles. The molecule has 3 aromatic rings. The molecule has 202 valence electrons. The number of thiophene rings is 1. The van der Waals surface area contributed by atoms with Crippen molar-refractivity contribution in [2.24, 2.45) is 0 Å². The number of amides is 1. The van der Waals surface area contributed by atoms with Crippen LogP contribution in [0, 0.1) is 6.92 Å². The Morgan fingerprint density at radius 3 is 2.66 bits per heavy atom. The number of fused-ring (bicyclic) bond motifs is 1. The molecule has 1 amide bonds. The Morgan fingerprint density at radius 1 is 1.18 bits per heavy atom. The molecule has 38 heavy (non-hydrogen) atoms. The molecule has 1 aromatic heterocycles. The highest BCUT2D eigenvalue weighted by Crippen LogP contribution is 2.36. The van der Waals surface area contributed by atoms with Crippen molar-refractivity contribution in [3.63, 3.8) is 0 Å². The molecule has 1 aliphatic heterocycles. The number of esters is 1. The van der Waals surface area contributed by atoms with E-state index in [1.54, 1.807) is 37.4 Å². The van der Waals surface area contributed by atoms with Crippen molar-refractivity contribution >= 4 is 33.2 Å². The maximum absolute atomic E-state index is 13.7. The zero-order chi connectivity index (χ0) is 27.4. The highest BCUT2D eigenvalue weighted by molar-refractivity contribution is 7.89. The third kappa shape index (κ3) is 5.77. The van der Waals surface area contributed by atoms with E-state index >= 15 is 0 Å². The van der Waals surface area contributed by atoms with Crippen LogP contribution in [0.2, 0.25) is 0 Å². The van der Waals surface area contributed by atoms with Crippen molar-refractivity contribution < 1.29 is 27.5 Å². The van der Waals surface area contributed by atoms with Crippen molar-refractivity contribution in [2.75, 3.05) is 20.7 Å². The number of nitrogens with one attached hydrogen (secondary N) is 1. The minimum absolute atomic E-state index is 0.0911. The Labute approximate surface area is 227 Å². The Morgan fingerprint density at radius 2 is 1.95 bits per heavy atom. The van der Waals surface area contributed by atoms with Crippen molar-refractivity contribution in [1.82, 2.24) is 9.62 Å². The van der Waals surface area contributed by atoms with Crippen LogP contribution in [-0.2, 0) is 26.1 Å². The Kier molecular flexibility index (Phi) is 8.54. The van der Waals surface area contributed by atoms with Gasteiger partial charge in [-0.05, 0) is 54.3 Å². The van der Waals surface area contributed by atoms with Crippen molar-refractivity contribution in [1.29, 1.82) is 0 Å². The van der Waals surface area contributed by atoms with Crippen LogP contribution in [-0.4, -0.2) is 51.4 Å². The van der Waals surface area contributed by atoms with Gasteiger partial charge in [0.1, 0.15) is 16.7 Å². The van der Waals surface area contributed by atoms with E-state index in [0.29, 0.717) is 17.0 Å². The quantitative estimate of drug-likeness (QED) is 0.411. The van der Waals surface area contributed by atoms with Crippen LogP contribution in [0.25, 0.3) is 0 Å². The molecule has 2 aromatic carbocycles. The summed E-state index contributed by atoms with van der Waals surface area (Å²) >= 11 is 1.32. The average Bonchev–Trinajstić information content (AvgIpc) is 3.37. The van der Waals surface area contributed by atoms with Gasteiger partial charge in [0.05, 0.1) is 25.0 Å². The highest BCUT2D eigenvalue weighted by atomic mass is 32.2. The van der Waals surface area contributed by atoms with Crippen molar-refractivity contribution in [3.8, 4) is 5.75 Å². The molecule has 8 nitrogen and oxygen atoms in total. The molecule has 1 N–H and O–H groups in total. The van der Waals surface area contributed by atoms with E-state index in [0.717, 1.165) is 21.6 Å². The van der Waals surface area contributed by atoms with Crippen LogP contribution in [0.15, 0.2) is 59.5 Å². The van der Waals surface area contributed by atoms with Gasteiger partial charge in [-0.25, -0.2) is 8.42 Å². The van der Waals surface area contributed by atoms with Gasteiger partial charge < -0.3 is 14.8 Å². The first kappa shape index (κ1) is 27.8. The largest absolute Gasteiger partial charge is 0.488 e. The number of hydrogen-bond donors (Lipinski definition) is 1. The van der Waals surface area contributed by atoms with E-state index in [9.17, 15) is 18.0 Å². The summed E-state index contributed by atoms with van der Waals surface area (Å²) in [7, 11) is -0.884. The fraction of sp³-hybridized carbons (Fsp3) is 0.357. The highest BCUT2D eigenvalue weighted by Gasteiger charge is 2.34. The van der Waals surface area contributed by atoms with E-state index in [2.05, 4.69) is 5.32 Å². The summed E-state index contributed by atoms with van der Waals surface area (Å²) in [5.74, 6) is -0.544. The molecule has 0 saturated carbocycles. The Balaban J connectivity index is 1.72. The van der Waals surface area contributed by atoms with Crippen molar-refractivity contribution in [3.05, 3.63) is 81.0 Å². The monoisotopic (exact) mass is 556 g/mol. The van der Waals surface area contributed by atoms with Gasteiger partial charge >= 0.3 is 5.97 Å². The number of benzene rings is 2. The number of methoxy groups -OCH3 is 1. The average molecular weight is 557 g/mol. The van der Waals surface area contributed by atoms with Crippen molar-refractivity contribution in [2.45, 2.75) is 50.2 Å². The number of nitrogens with zero attached hydrogens (tertiary/aromatic N) is 1. The zero-order valence-electron chi connectivity index (χ0n) is 21.9. The minimum Gasteiger partial charge on any atom is -0.488 e. The third-order valence-corrected chi connectivity index (χ3v) is 9.81. The van der Waals surface area contributed by atoms with Gasteiger partial charge in [-0.1, -0.05) is 37.3 Å². The zero-order valence-corrected chi connectivity index (χ0v) is 23.5. The molecule has 0 fully saturated rings. The molecule has 0 radical (unpaired) electrons. The lowest BCUT2D eigenvalue weighted by Gasteiger charge is -2.24. The fourth-order valence-electron chi connectivity index (χ4n) is 4.49. The molecule has 1 unspecified atom stereocenters. The number of ether oxygens (including phenoxy) is 2. The summed E-state index contributed by atoms with van der Waals surface area (Å²) in [4.78, 5) is 26.0. The van der Waals surface area contributed by atoms with E-state index in [1.165, 1.54) is 22.8 Å². The van der Waals surface area contributed by atoms with E-state index < -0.39 is 10.0 Å². The molecular weight excluding hydrogens is 524 g/mol. The Bertz CT molecular complexity index is 1430.